The van der Waals surface area contributed by atoms with Crippen LogP contribution in [-0.4, -0.2) is 20.3 Å². The molecule has 0 aromatic heterocycles. The van der Waals surface area contributed by atoms with Crippen LogP contribution in [0.5, 0.6) is 0 Å². The Labute approximate surface area is 131 Å². The van der Waals surface area contributed by atoms with Crippen LogP contribution in [0.15, 0.2) is 24.3 Å². The zero-order chi connectivity index (χ0) is 15.7. The molecule has 0 heterocycles. The van der Waals surface area contributed by atoms with Crippen molar-refractivity contribution in [1.29, 1.82) is 0 Å². The molecule has 2 nitrogen and oxygen atoms in total. The van der Waals surface area contributed by atoms with Gasteiger partial charge in [-0.1, -0.05) is 52.0 Å². The number of hydrogen-bond donors (Lipinski definition) is 1. The van der Waals surface area contributed by atoms with E-state index in [0.29, 0.717) is 5.92 Å². The number of benzene rings is 1. The van der Waals surface area contributed by atoms with E-state index in [-0.39, 0.29) is 6.04 Å². The molecule has 1 unspecified atom stereocenters. The van der Waals surface area contributed by atoms with Gasteiger partial charge in [0.2, 0.25) is 0 Å². The van der Waals surface area contributed by atoms with Gasteiger partial charge in [0, 0.05) is 6.61 Å². The summed E-state index contributed by atoms with van der Waals surface area (Å²) in [4.78, 5) is 0. The molecule has 0 saturated carbocycles. The molecule has 0 spiro atoms. The molecule has 2 heteroatoms. The summed E-state index contributed by atoms with van der Waals surface area (Å²) in [5.74, 6) is 1.47. The molecule has 0 aliphatic rings. The minimum atomic E-state index is 0.289. The van der Waals surface area contributed by atoms with Crippen LogP contribution in [0.4, 0.5) is 0 Å². The molecular formula is C19H33NO. The normalized spacial score (nSPS) is 13.1. The highest BCUT2D eigenvalue weighted by molar-refractivity contribution is 5.25. The van der Waals surface area contributed by atoms with E-state index in [1.54, 1.807) is 0 Å². The maximum absolute atomic E-state index is 5.82. The van der Waals surface area contributed by atoms with E-state index in [0.717, 1.165) is 32.0 Å². The Morgan fingerprint density at radius 3 is 2.19 bits per heavy atom. The lowest BCUT2D eigenvalue weighted by Crippen LogP contribution is -2.22. The van der Waals surface area contributed by atoms with Gasteiger partial charge in [-0.3, -0.25) is 0 Å². The highest BCUT2D eigenvalue weighted by Gasteiger charge is 2.09. The lowest BCUT2D eigenvalue weighted by atomic mass is 9.99. The van der Waals surface area contributed by atoms with Crippen LogP contribution < -0.4 is 5.32 Å². The highest BCUT2D eigenvalue weighted by Crippen LogP contribution is 2.16. The Morgan fingerprint density at radius 1 is 1.00 bits per heavy atom. The highest BCUT2D eigenvalue weighted by atomic mass is 16.5. The maximum Gasteiger partial charge on any atom is 0.0661 e. The van der Waals surface area contributed by atoms with Crippen molar-refractivity contribution in [3.63, 3.8) is 0 Å². The second-order valence-corrected chi connectivity index (χ2v) is 6.79. The molecule has 21 heavy (non-hydrogen) atoms. The summed E-state index contributed by atoms with van der Waals surface area (Å²) >= 11 is 0. The van der Waals surface area contributed by atoms with Gasteiger partial charge in [0.1, 0.15) is 0 Å². The van der Waals surface area contributed by atoms with E-state index in [1.165, 1.54) is 17.5 Å². The van der Waals surface area contributed by atoms with Gasteiger partial charge in [-0.05, 0) is 49.3 Å². The fourth-order valence-electron chi connectivity index (χ4n) is 2.50. The molecule has 0 aliphatic heterocycles. The van der Waals surface area contributed by atoms with Crippen molar-refractivity contribution < 1.29 is 4.74 Å². The molecular weight excluding hydrogens is 258 g/mol. The van der Waals surface area contributed by atoms with Crippen LogP contribution in [0.1, 0.15) is 57.7 Å². The first-order valence-electron chi connectivity index (χ1n) is 8.36. The molecule has 0 radical (unpaired) electrons. The first-order chi connectivity index (χ1) is 10.0. The quantitative estimate of drug-likeness (QED) is 0.636. The van der Waals surface area contributed by atoms with Crippen molar-refractivity contribution >= 4 is 0 Å². The van der Waals surface area contributed by atoms with Gasteiger partial charge in [-0.25, -0.2) is 0 Å². The Bertz CT molecular complexity index is 370. The summed E-state index contributed by atoms with van der Waals surface area (Å²) in [7, 11) is 2.00. The lowest BCUT2D eigenvalue weighted by molar-refractivity contribution is 0.108. The van der Waals surface area contributed by atoms with E-state index >= 15 is 0 Å². The summed E-state index contributed by atoms with van der Waals surface area (Å²) in [5.41, 5.74) is 2.73. The van der Waals surface area contributed by atoms with Crippen LogP contribution in [-0.2, 0) is 11.2 Å². The summed E-state index contributed by atoms with van der Waals surface area (Å²) in [6.45, 7) is 10.6. The second kappa shape index (κ2) is 9.97. The van der Waals surface area contributed by atoms with Crippen LogP contribution in [0.2, 0.25) is 0 Å². The van der Waals surface area contributed by atoms with Crippen LogP contribution >= 0.6 is 0 Å². The third kappa shape index (κ3) is 7.63. The average Bonchev–Trinajstić information content (AvgIpc) is 2.43. The SMILES string of the molecule is CNC(COCCCC(C)C)c1ccc(CC(C)C)cc1. The monoisotopic (exact) mass is 291 g/mol. The Hall–Kier alpha value is -0.860. The fourth-order valence-corrected chi connectivity index (χ4v) is 2.50. The molecule has 1 aromatic rings. The van der Waals surface area contributed by atoms with Gasteiger partial charge < -0.3 is 10.1 Å². The van der Waals surface area contributed by atoms with Crippen molar-refractivity contribution in [2.24, 2.45) is 11.8 Å². The minimum absolute atomic E-state index is 0.289. The Morgan fingerprint density at radius 2 is 1.67 bits per heavy atom. The van der Waals surface area contributed by atoms with Gasteiger partial charge >= 0.3 is 0 Å². The zero-order valence-corrected chi connectivity index (χ0v) is 14.5. The van der Waals surface area contributed by atoms with Crippen LogP contribution in [0, 0.1) is 11.8 Å². The van der Waals surface area contributed by atoms with Gasteiger partial charge in [0.25, 0.3) is 0 Å². The van der Waals surface area contributed by atoms with E-state index in [1.807, 2.05) is 7.05 Å². The third-order valence-electron chi connectivity index (χ3n) is 3.73. The summed E-state index contributed by atoms with van der Waals surface area (Å²) in [6, 6.07) is 9.25. The van der Waals surface area contributed by atoms with Crippen molar-refractivity contribution in [3.8, 4) is 0 Å². The lowest BCUT2D eigenvalue weighted by Gasteiger charge is -2.18. The number of likely N-dealkylation sites (N-methyl/N-ethyl adjacent to an activating group) is 1. The first kappa shape index (κ1) is 18.2. The van der Waals surface area contributed by atoms with E-state index in [4.69, 9.17) is 4.74 Å². The maximum atomic E-state index is 5.82. The summed E-state index contributed by atoms with van der Waals surface area (Å²) in [6.07, 6.45) is 3.55. The number of hydrogen-bond acceptors (Lipinski definition) is 2. The standard InChI is InChI=1S/C19H33NO/c1-15(2)7-6-12-21-14-19(20-5)18-10-8-17(9-11-18)13-16(3)4/h8-11,15-16,19-20H,6-7,12-14H2,1-5H3. The predicted molar refractivity (Wildman–Crippen MR) is 91.7 cm³/mol. The van der Waals surface area contributed by atoms with Crippen molar-refractivity contribution in [2.45, 2.75) is 53.0 Å². The molecule has 1 N–H and O–H groups in total. The third-order valence-corrected chi connectivity index (χ3v) is 3.73. The number of nitrogens with one attached hydrogen (secondary N) is 1. The Kier molecular flexibility index (Phi) is 8.63. The largest absolute Gasteiger partial charge is 0.379 e. The van der Waals surface area contributed by atoms with Crippen molar-refractivity contribution in [3.05, 3.63) is 35.4 Å². The molecule has 0 bridgehead atoms. The van der Waals surface area contributed by atoms with Crippen molar-refractivity contribution in [2.75, 3.05) is 20.3 Å². The van der Waals surface area contributed by atoms with Gasteiger partial charge in [0.05, 0.1) is 12.6 Å². The summed E-state index contributed by atoms with van der Waals surface area (Å²) < 4.78 is 5.82. The molecule has 0 amide bonds. The van der Waals surface area contributed by atoms with Gasteiger partial charge in [-0.15, -0.1) is 0 Å². The zero-order valence-electron chi connectivity index (χ0n) is 14.5. The molecule has 1 aromatic carbocycles. The molecule has 1 rings (SSSR count). The van der Waals surface area contributed by atoms with Crippen LogP contribution in [0.25, 0.3) is 0 Å². The van der Waals surface area contributed by atoms with E-state index in [2.05, 4.69) is 57.3 Å². The minimum Gasteiger partial charge on any atom is -0.379 e. The molecule has 120 valence electrons. The summed E-state index contributed by atoms with van der Waals surface area (Å²) in [5, 5.41) is 3.35. The second-order valence-electron chi connectivity index (χ2n) is 6.79. The smallest absolute Gasteiger partial charge is 0.0661 e. The number of ether oxygens (including phenoxy) is 1. The molecule has 1 atom stereocenters. The van der Waals surface area contributed by atoms with Gasteiger partial charge in [0.15, 0.2) is 0 Å². The predicted octanol–water partition coefficient (Wildman–Crippen LogP) is 4.60. The Balaban J connectivity index is 2.40. The molecule has 0 saturated heterocycles. The number of rotatable bonds is 10. The topological polar surface area (TPSA) is 21.3 Å². The van der Waals surface area contributed by atoms with E-state index in [9.17, 15) is 0 Å². The van der Waals surface area contributed by atoms with Crippen LogP contribution in [0.3, 0.4) is 0 Å². The fraction of sp³-hybridized carbons (Fsp3) is 0.684. The average molecular weight is 291 g/mol. The van der Waals surface area contributed by atoms with Gasteiger partial charge in [-0.2, -0.15) is 0 Å². The molecule has 0 aliphatic carbocycles. The van der Waals surface area contributed by atoms with E-state index < -0.39 is 0 Å². The first-order valence-corrected chi connectivity index (χ1v) is 8.36. The molecule has 0 fully saturated rings. The van der Waals surface area contributed by atoms with Crippen molar-refractivity contribution in [1.82, 2.24) is 5.32 Å².